The summed E-state index contributed by atoms with van der Waals surface area (Å²) in [6, 6.07) is 24.0. The summed E-state index contributed by atoms with van der Waals surface area (Å²) >= 11 is 0. The lowest BCUT2D eigenvalue weighted by Gasteiger charge is -2.07. The third kappa shape index (κ3) is 4.83. The Labute approximate surface area is 218 Å². The van der Waals surface area contributed by atoms with Crippen molar-refractivity contribution in [2.24, 2.45) is 0 Å². The minimum atomic E-state index is -0.513. The Hall–Kier alpha value is -5.36. The van der Waals surface area contributed by atoms with E-state index in [1.165, 1.54) is 6.33 Å². The number of amides is 1. The maximum atomic E-state index is 12.9. The molecule has 9 heteroatoms. The number of methoxy groups -OCH3 is 2. The fourth-order valence-corrected chi connectivity index (χ4v) is 4.00. The Morgan fingerprint density at radius 2 is 1.58 bits per heavy atom. The first-order valence-electron chi connectivity index (χ1n) is 11.6. The Morgan fingerprint density at radius 3 is 2.24 bits per heavy atom. The first-order valence-corrected chi connectivity index (χ1v) is 11.6. The number of benzene rings is 3. The summed E-state index contributed by atoms with van der Waals surface area (Å²) in [5, 5.41) is 13.5. The lowest BCUT2D eigenvalue weighted by atomic mass is 9.98. The second kappa shape index (κ2) is 10.7. The molecule has 1 N–H and O–H groups in total. The molecular weight excluding hydrogens is 484 g/mol. The van der Waals surface area contributed by atoms with Gasteiger partial charge in [-0.2, -0.15) is 5.26 Å². The highest BCUT2D eigenvalue weighted by Gasteiger charge is 2.24. The van der Waals surface area contributed by atoms with Crippen LogP contribution in [0.1, 0.15) is 5.56 Å². The van der Waals surface area contributed by atoms with Crippen LogP contribution in [0.2, 0.25) is 0 Å². The predicted molar refractivity (Wildman–Crippen MR) is 141 cm³/mol. The quantitative estimate of drug-likeness (QED) is 0.294. The Kier molecular flexibility index (Phi) is 6.87. The fraction of sp³-hybridized carbons (Fsp3) is 0.103. The van der Waals surface area contributed by atoms with Gasteiger partial charge in [0.15, 0.2) is 6.61 Å². The van der Waals surface area contributed by atoms with Crippen LogP contribution >= 0.6 is 0 Å². The number of nitrogens with one attached hydrogen (secondary N) is 1. The Balaban J connectivity index is 1.47. The zero-order chi connectivity index (χ0) is 26.5. The van der Waals surface area contributed by atoms with E-state index >= 15 is 0 Å². The lowest BCUT2D eigenvalue weighted by molar-refractivity contribution is -0.118. The van der Waals surface area contributed by atoms with Gasteiger partial charge >= 0.3 is 0 Å². The predicted octanol–water partition coefficient (Wildman–Crippen LogP) is 5.46. The minimum absolute atomic E-state index is 0.0188. The van der Waals surface area contributed by atoms with Gasteiger partial charge in [0, 0.05) is 11.1 Å². The number of hydrogen-bond acceptors (Lipinski definition) is 8. The largest absolute Gasteiger partial charge is 0.497 e. The molecule has 1 amide bonds. The third-order valence-corrected chi connectivity index (χ3v) is 5.85. The first-order chi connectivity index (χ1) is 18.6. The number of para-hydroxylation sites is 1. The Morgan fingerprint density at radius 1 is 0.921 bits per heavy atom. The number of hydrogen-bond donors (Lipinski definition) is 1. The van der Waals surface area contributed by atoms with Crippen molar-refractivity contribution in [2.45, 2.75) is 0 Å². The maximum Gasteiger partial charge on any atom is 0.264 e. The van der Waals surface area contributed by atoms with Crippen molar-refractivity contribution >= 4 is 22.7 Å². The minimum Gasteiger partial charge on any atom is -0.497 e. The van der Waals surface area contributed by atoms with Crippen LogP contribution in [0.15, 0.2) is 83.5 Å². The highest BCUT2D eigenvalue weighted by Crippen LogP contribution is 2.42. The summed E-state index contributed by atoms with van der Waals surface area (Å²) in [4.78, 5) is 21.2. The van der Waals surface area contributed by atoms with Gasteiger partial charge in [-0.05, 0) is 54.1 Å². The van der Waals surface area contributed by atoms with Crippen molar-refractivity contribution in [1.29, 1.82) is 5.26 Å². The molecule has 0 spiro atoms. The highest BCUT2D eigenvalue weighted by molar-refractivity contribution is 5.96. The second-order valence-electron chi connectivity index (χ2n) is 8.11. The molecule has 0 aliphatic carbocycles. The van der Waals surface area contributed by atoms with Crippen molar-refractivity contribution in [3.63, 3.8) is 0 Å². The summed E-state index contributed by atoms with van der Waals surface area (Å²) in [5.74, 6) is 1.56. The van der Waals surface area contributed by atoms with E-state index < -0.39 is 5.91 Å². The summed E-state index contributed by atoms with van der Waals surface area (Å²) < 4.78 is 22.3. The molecule has 0 bridgehead atoms. The van der Waals surface area contributed by atoms with Crippen LogP contribution in [0.3, 0.4) is 0 Å². The normalized spacial score (nSPS) is 10.6. The molecular formula is C29H22N4O5. The van der Waals surface area contributed by atoms with Gasteiger partial charge in [-0.25, -0.2) is 9.97 Å². The monoisotopic (exact) mass is 506 g/mol. The number of fused-ring (bicyclic) bond motifs is 1. The van der Waals surface area contributed by atoms with Gasteiger partial charge in [-0.3, -0.25) is 10.1 Å². The molecule has 9 nitrogen and oxygen atoms in total. The van der Waals surface area contributed by atoms with E-state index in [1.807, 2.05) is 48.5 Å². The van der Waals surface area contributed by atoms with Crippen LogP contribution in [0, 0.1) is 11.3 Å². The molecule has 0 fully saturated rings. The number of rotatable bonds is 8. The van der Waals surface area contributed by atoms with E-state index in [4.69, 9.17) is 18.6 Å². The molecule has 188 valence electrons. The standard InChI is InChI=1S/C29H22N4O5/c1-35-20-11-7-18(8-12-20)26-23(15-30)29(38-27(26)19-9-13-21(36-2)14-10-19)33-25(34)16-37-28-22-5-3-4-6-24(22)31-17-32-28/h3-14,17H,16H2,1-2H3,(H,33,34). The third-order valence-electron chi connectivity index (χ3n) is 5.85. The molecule has 0 unspecified atom stereocenters. The molecule has 0 aliphatic rings. The van der Waals surface area contributed by atoms with Gasteiger partial charge < -0.3 is 18.6 Å². The molecule has 0 radical (unpaired) electrons. The molecule has 0 saturated carbocycles. The fourth-order valence-electron chi connectivity index (χ4n) is 4.00. The molecule has 38 heavy (non-hydrogen) atoms. The number of nitriles is 1. The van der Waals surface area contributed by atoms with E-state index in [0.717, 1.165) is 5.56 Å². The molecule has 2 heterocycles. The van der Waals surface area contributed by atoms with Crippen LogP contribution < -0.4 is 19.5 Å². The molecule has 0 aliphatic heterocycles. The number of furan rings is 1. The van der Waals surface area contributed by atoms with E-state index in [1.54, 1.807) is 38.5 Å². The number of carbonyl (C=O) groups is 1. The number of ether oxygens (including phenoxy) is 3. The molecule has 2 aromatic heterocycles. The average molecular weight is 507 g/mol. The molecule has 5 rings (SSSR count). The van der Waals surface area contributed by atoms with Crippen molar-refractivity contribution in [1.82, 2.24) is 9.97 Å². The van der Waals surface area contributed by atoms with Crippen molar-refractivity contribution in [3.8, 4) is 45.9 Å². The topological polar surface area (TPSA) is 120 Å². The smallest absolute Gasteiger partial charge is 0.264 e. The number of carbonyl (C=O) groups excluding carboxylic acids is 1. The summed E-state index contributed by atoms with van der Waals surface area (Å²) in [7, 11) is 3.16. The number of nitrogens with zero attached hydrogens (tertiary/aromatic N) is 3. The molecule has 0 atom stereocenters. The molecule has 5 aromatic rings. The Bertz CT molecular complexity index is 1630. The van der Waals surface area contributed by atoms with E-state index in [2.05, 4.69) is 21.4 Å². The van der Waals surface area contributed by atoms with E-state index in [0.29, 0.717) is 39.3 Å². The van der Waals surface area contributed by atoms with E-state index in [9.17, 15) is 10.1 Å². The average Bonchev–Trinajstić information content (AvgIpc) is 3.33. The van der Waals surface area contributed by atoms with Crippen molar-refractivity contribution in [3.05, 3.63) is 84.7 Å². The van der Waals surface area contributed by atoms with Crippen LogP contribution in [-0.2, 0) is 4.79 Å². The van der Waals surface area contributed by atoms with Crippen LogP contribution in [0.25, 0.3) is 33.4 Å². The van der Waals surface area contributed by atoms with Crippen LogP contribution in [0.4, 0.5) is 5.88 Å². The van der Waals surface area contributed by atoms with Crippen LogP contribution in [-0.4, -0.2) is 36.7 Å². The maximum absolute atomic E-state index is 12.9. The summed E-state index contributed by atoms with van der Waals surface area (Å²) in [6.45, 7) is -0.345. The number of aromatic nitrogens is 2. The first kappa shape index (κ1) is 24.3. The van der Waals surface area contributed by atoms with Crippen LogP contribution in [0.5, 0.6) is 17.4 Å². The van der Waals surface area contributed by atoms with Gasteiger partial charge in [0.05, 0.1) is 25.1 Å². The van der Waals surface area contributed by atoms with Gasteiger partial charge in [0.1, 0.15) is 35.2 Å². The lowest BCUT2D eigenvalue weighted by Crippen LogP contribution is -2.20. The summed E-state index contributed by atoms with van der Waals surface area (Å²) in [6.07, 6.45) is 1.37. The van der Waals surface area contributed by atoms with Gasteiger partial charge in [0.2, 0.25) is 11.8 Å². The highest BCUT2D eigenvalue weighted by atomic mass is 16.5. The molecule has 3 aromatic carbocycles. The van der Waals surface area contributed by atoms with E-state index in [-0.39, 0.29) is 23.9 Å². The van der Waals surface area contributed by atoms with Crippen molar-refractivity contribution < 1.29 is 23.4 Å². The SMILES string of the molecule is COc1ccc(-c2oc(NC(=O)COc3ncnc4ccccc34)c(C#N)c2-c2ccc(OC)cc2)cc1. The number of anilines is 1. The zero-order valence-electron chi connectivity index (χ0n) is 20.6. The zero-order valence-corrected chi connectivity index (χ0v) is 20.6. The van der Waals surface area contributed by atoms with Gasteiger partial charge in [-0.1, -0.05) is 24.3 Å². The van der Waals surface area contributed by atoms with Gasteiger partial charge in [-0.15, -0.1) is 0 Å². The second-order valence-corrected chi connectivity index (χ2v) is 8.11. The van der Waals surface area contributed by atoms with Gasteiger partial charge in [0.25, 0.3) is 5.91 Å². The van der Waals surface area contributed by atoms with Crippen molar-refractivity contribution in [2.75, 3.05) is 26.1 Å². The molecule has 0 saturated heterocycles. The summed E-state index contributed by atoms with van der Waals surface area (Å²) in [5.41, 5.74) is 2.85.